The molecule has 1 atom stereocenters. The number of nitrogens with zero attached hydrogens (tertiary/aromatic N) is 2. The van der Waals surface area contributed by atoms with E-state index < -0.39 is 0 Å². The first-order chi connectivity index (χ1) is 12.8. The molecule has 0 amide bonds. The van der Waals surface area contributed by atoms with E-state index in [0.29, 0.717) is 12.2 Å². The lowest BCUT2D eigenvalue weighted by atomic mass is 9.87. The molecule has 3 rings (SSSR count). The summed E-state index contributed by atoms with van der Waals surface area (Å²) in [4.78, 5) is 6.91. The van der Waals surface area contributed by atoms with Gasteiger partial charge in [-0.1, -0.05) is 32.1 Å². The van der Waals surface area contributed by atoms with Crippen LogP contribution in [0.5, 0.6) is 0 Å². The van der Waals surface area contributed by atoms with E-state index in [-0.39, 0.29) is 24.0 Å². The second-order valence-corrected chi connectivity index (χ2v) is 8.28. The van der Waals surface area contributed by atoms with Crippen molar-refractivity contribution in [1.82, 2.24) is 10.2 Å². The molecule has 27 heavy (non-hydrogen) atoms. The monoisotopic (exact) mass is 493 g/mol. The van der Waals surface area contributed by atoms with E-state index in [2.05, 4.69) is 15.2 Å². The zero-order chi connectivity index (χ0) is 18.0. The lowest BCUT2D eigenvalue weighted by Gasteiger charge is -2.35. The van der Waals surface area contributed by atoms with Crippen molar-refractivity contribution < 1.29 is 9.47 Å². The summed E-state index contributed by atoms with van der Waals surface area (Å²) in [5.74, 6) is 2.00. The van der Waals surface area contributed by atoms with Crippen LogP contribution < -0.4 is 5.32 Å². The third-order valence-electron chi connectivity index (χ3n) is 6.31. The summed E-state index contributed by atoms with van der Waals surface area (Å²) in [6.07, 6.45) is 15.0. The van der Waals surface area contributed by atoms with Gasteiger partial charge in [0.25, 0.3) is 0 Å². The fourth-order valence-electron chi connectivity index (χ4n) is 4.61. The van der Waals surface area contributed by atoms with Gasteiger partial charge in [-0.15, -0.1) is 24.0 Å². The van der Waals surface area contributed by atoms with Crippen LogP contribution in [-0.2, 0) is 9.47 Å². The zero-order valence-electron chi connectivity index (χ0n) is 17.2. The molecule has 1 N–H and O–H groups in total. The first kappa shape index (κ1) is 23.2. The Kier molecular flexibility index (Phi) is 11.3. The van der Waals surface area contributed by atoms with Gasteiger partial charge in [0.2, 0.25) is 0 Å². The Morgan fingerprint density at radius 2 is 1.78 bits per heavy atom. The Bertz CT molecular complexity index is 416. The van der Waals surface area contributed by atoms with E-state index >= 15 is 0 Å². The molecule has 2 heterocycles. The van der Waals surface area contributed by atoms with Crippen molar-refractivity contribution in [3.63, 3.8) is 0 Å². The van der Waals surface area contributed by atoms with Crippen LogP contribution in [0.25, 0.3) is 0 Å². The zero-order valence-corrected chi connectivity index (χ0v) is 19.5. The smallest absolute Gasteiger partial charge is 0.193 e. The van der Waals surface area contributed by atoms with Gasteiger partial charge >= 0.3 is 0 Å². The Labute approximate surface area is 183 Å². The minimum atomic E-state index is 0. The maximum absolute atomic E-state index is 6.13. The standard InChI is InChI=1S/C21H39N3O2.HI/c1-22-21(23-13-10-18-7-3-2-4-8-18)24-14-11-19(12-15-24)26-17-20-9-5-6-16-25-20;/h18-20H,2-17H2,1H3,(H,22,23);1H. The normalized spacial score (nSPS) is 25.9. The summed E-state index contributed by atoms with van der Waals surface area (Å²) < 4.78 is 11.9. The number of halogens is 1. The van der Waals surface area contributed by atoms with Crippen molar-refractivity contribution in [2.75, 3.05) is 39.9 Å². The molecule has 0 aromatic rings. The van der Waals surface area contributed by atoms with E-state index in [1.54, 1.807) is 0 Å². The number of nitrogens with one attached hydrogen (secondary N) is 1. The van der Waals surface area contributed by atoms with Gasteiger partial charge in [-0.2, -0.15) is 0 Å². The average molecular weight is 493 g/mol. The minimum absolute atomic E-state index is 0. The van der Waals surface area contributed by atoms with Crippen molar-refractivity contribution in [2.45, 2.75) is 82.8 Å². The highest BCUT2D eigenvalue weighted by Crippen LogP contribution is 2.25. The van der Waals surface area contributed by atoms with Crippen molar-refractivity contribution in [1.29, 1.82) is 0 Å². The van der Waals surface area contributed by atoms with Crippen LogP contribution in [0.15, 0.2) is 4.99 Å². The first-order valence-electron chi connectivity index (χ1n) is 11.0. The maximum atomic E-state index is 6.13. The van der Waals surface area contributed by atoms with Gasteiger partial charge in [0.05, 0.1) is 18.8 Å². The Hall–Kier alpha value is -0.0800. The van der Waals surface area contributed by atoms with Crippen LogP contribution in [-0.4, -0.2) is 63.0 Å². The van der Waals surface area contributed by atoms with Crippen LogP contribution in [0.2, 0.25) is 0 Å². The van der Waals surface area contributed by atoms with Crippen LogP contribution in [0, 0.1) is 5.92 Å². The molecule has 1 unspecified atom stereocenters. The van der Waals surface area contributed by atoms with E-state index in [4.69, 9.17) is 9.47 Å². The number of ether oxygens (including phenoxy) is 2. The number of piperidine rings is 1. The summed E-state index contributed by atoms with van der Waals surface area (Å²) in [6.45, 7) is 4.83. The molecule has 0 spiro atoms. The van der Waals surface area contributed by atoms with Gasteiger partial charge in [0, 0.05) is 33.3 Å². The molecule has 1 saturated carbocycles. The van der Waals surface area contributed by atoms with Gasteiger partial charge in [0.15, 0.2) is 5.96 Å². The van der Waals surface area contributed by atoms with E-state index in [1.165, 1.54) is 51.4 Å². The number of rotatable bonds is 6. The molecule has 1 aliphatic carbocycles. The lowest BCUT2D eigenvalue weighted by molar-refractivity contribution is -0.0721. The molecule has 0 aromatic carbocycles. The Morgan fingerprint density at radius 1 is 1.04 bits per heavy atom. The molecule has 0 radical (unpaired) electrons. The van der Waals surface area contributed by atoms with Crippen molar-refractivity contribution >= 4 is 29.9 Å². The van der Waals surface area contributed by atoms with Crippen molar-refractivity contribution in [3.8, 4) is 0 Å². The highest BCUT2D eigenvalue weighted by atomic mass is 127. The van der Waals surface area contributed by atoms with Crippen molar-refractivity contribution in [2.24, 2.45) is 10.9 Å². The topological polar surface area (TPSA) is 46.1 Å². The molecule has 2 aliphatic heterocycles. The van der Waals surface area contributed by atoms with Gasteiger partial charge in [-0.3, -0.25) is 4.99 Å². The molecule has 3 fully saturated rings. The molecule has 0 aromatic heterocycles. The molecule has 6 heteroatoms. The van der Waals surface area contributed by atoms with Crippen LogP contribution in [0.1, 0.15) is 70.6 Å². The second kappa shape index (κ2) is 13.2. The summed E-state index contributed by atoms with van der Waals surface area (Å²) >= 11 is 0. The lowest BCUT2D eigenvalue weighted by Crippen LogP contribution is -2.47. The quantitative estimate of drug-likeness (QED) is 0.342. The maximum Gasteiger partial charge on any atom is 0.193 e. The van der Waals surface area contributed by atoms with Gasteiger partial charge in [-0.25, -0.2) is 0 Å². The molecular weight excluding hydrogens is 453 g/mol. The highest BCUT2D eigenvalue weighted by molar-refractivity contribution is 14.0. The molecular formula is C21H40IN3O2. The molecule has 0 bridgehead atoms. The summed E-state index contributed by atoms with van der Waals surface area (Å²) in [5, 5.41) is 3.60. The SMILES string of the molecule is CN=C(NCCC1CCCCC1)N1CCC(OCC2CCCCO2)CC1.I. The van der Waals surface area contributed by atoms with E-state index in [1.807, 2.05) is 7.05 Å². The summed E-state index contributed by atoms with van der Waals surface area (Å²) in [5.41, 5.74) is 0. The van der Waals surface area contributed by atoms with E-state index in [0.717, 1.165) is 64.0 Å². The Balaban J connectivity index is 0.00000261. The van der Waals surface area contributed by atoms with Gasteiger partial charge < -0.3 is 19.7 Å². The largest absolute Gasteiger partial charge is 0.376 e. The van der Waals surface area contributed by atoms with Gasteiger partial charge in [0.1, 0.15) is 0 Å². The predicted octanol–water partition coefficient (Wildman–Crippen LogP) is 4.20. The second-order valence-electron chi connectivity index (χ2n) is 8.28. The van der Waals surface area contributed by atoms with Gasteiger partial charge in [-0.05, 0) is 44.4 Å². The van der Waals surface area contributed by atoms with Crippen LogP contribution in [0.3, 0.4) is 0 Å². The van der Waals surface area contributed by atoms with Crippen molar-refractivity contribution in [3.05, 3.63) is 0 Å². The fraction of sp³-hybridized carbons (Fsp3) is 0.952. The Morgan fingerprint density at radius 3 is 2.44 bits per heavy atom. The third kappa shape index (κ3) is 8.05. The first-order valence-corrected chi connectivity index (χ1v) is 11.0. The van der Waals surface area contributed by atoms with Crippen LogP contribution in [0.4, 0.5) is 0 Å². The predicted molar refractivity (Wildman–Crippen MR) is 122 cm³/mol. The fourth-order valence-corrected chi connectivity index (χ4v) is 4.61. The van der Waals surface area contributed by atoms with Crippen LogP contribution >= 0.6 is 24.0 Å². The molecule has 2 saturated heterocycles. The molecule has 3 aliphatic rings. The number of hydrogen-bond acceptors (Lipinski definition) is 3. The third-order valence-corrected chi connectivity index (χ3v) is 6.31. The molecule has 5 nitrogen and oxygen atoms in total. The highest BCUT2D eigenvalue weighted by Gasteiger charge is 2.24. The number of likely N-dealkylation sites (tertiary alicyclic amines) is 1. The molecule has 158 valence electrons. The minimum Gasteiger partial charge on any atom is -0.376 e. The number of aliphatic imine (C=N–C) groups is 1. The summed E-state index contributed by atoms with van der Waals surface area (Å²) in [6, 6.07) is 0. The van der Waals surface area contributed by atoms with E-state index in [9.17, 15) is 0 Å². The number of guanidine groups is 1. The summed E-state index contributed by atoms with van der Waals surface area (Å²) in [7, 11) is 1.91. The average Bonchev–Trinajstić information content (AvgIpc) is 2.72. The number of hydrogen-bond donors (Lipinski definition) is 1.